The van der Waals surface area contributed by atoms with Gasteiger partial charge < -0.3 is 10.3 Å². The van der Waals surface area contributed by atoms with Crippen molar-refractivity contribution in [1.29, 1.82) is 0 Å². The summed E-state index contributed by atoms with van der Waals surface area (Å²) in [4.78, 5) is 0. The third-order valence-corrected chi connectivity index (χ3v) is 2.48. The van der Waals surface area contributed by atoms with Gasteiger partial charge in [-0.25, -0.2) is 0 Å². The topological polar surface area (TPSA) is 56.7 Å². The zero-order valence-electron chi connectivity index (χ0n) is 9.15. The van der Waals surface area contributed by atoms with Gasteiger partial charge in [0.2, 0.25) is 0 Å². The third-order valence-electron chi connectivity index (χ3n) is 2.48. The smallest absolute Gasteiger partial charge is 0.165 e. The highest BCUT2D eigenvalue weighted by molar-refractivity contribution is 5.75. The predicted octanol–water partition coefficient (Wildman–Crippen LogP) is 1.68. The third kappa shape index (κ3) is 1.58. The average molecular weight is 202 g/mol. The molecule has 4 nitrogen and oxygen atoms in total. The Bertz CT molecular complexity index is 499. The molecule has 0 atom stereocenters. The minimum absolute atomic E-state index is 0.775. The molecule has 0 saturated carbocycles. The fourth-order valence-corrected chi connectivity index (χ4v) is 1.69. The van der Waals surface area contributed by atoms with E-state index >= 15 is 0 Å². The fourth-order valence-electron chi connectivity index (χ4n) is 1.69. The Labute approximate surface area is 88.8 Å². The molecule has 15 heavy (non-hydrogen) atoms. The molecule has 0 bridgehead atoms. The van der Waals surface area contributed by atoms with Crippen molar-refractivity contribution in [1.82, 2.24) is 14.8 Å². The van der Waals surface area contributed by atoms with Gasteiger partial charge in [0, 0.05) is 18.3 Å². The Hall–Kier alpha value is -1.84. The first-order valence-corrected chi connectivity index (χ1v) is 4.80. The molecule has 1 heterocycles. The van der Waals surface area contributed by atoms with Crippen LogP contribution in [0.1, 0.15) is 11.1 Å². The summed E-state index contributed by atoms with van der Waals surface area (Å²) in [6.45, 7) is 4.05. The van der Waals surface area contributed by atoms with E-state index in [1.807, 2.05) is 31.5 Å². The van der Waals surface area contributed by atoms with Gasteiger partial charge in [0.1, 0.15) is 6.33 Å². The van der Waals surface area contributed by atoms with E-state index in [1.54, 1.807) is 6.33 Å². The number of aryl methyl sites for hydroxylation is 3. The molecule has 0 aliphatic rings. The first kappa shape index (κ1) is 9.71. The highest BCUT2D eigenvalue weighted by Gasteiger charge is 2.10. The van der Waals surface area contributed by atoms with E-state index in [0.29, 0.717) is 0 Å². The summed E-state index contributed by atoms with van der Waals surface area (Å²) >= 11 is 0. The van der Waals surface area contributed by atoms with Crippen molar-refractivity contribution >= 4 is 5.69 Å². The Kier molecular flexibility index (Phi) is 2.19. The highest BCUT2D eigenvalue weighted by atomic mass is 15.2. The molecular weight excluding hydrogens is 188 g/mol. The molecule has 4 heteroatoms. The van der Waals surface area contributed by atoms with Gasteiger partial charge in [-0.05, 0) is 31.0 Å². The average Bonchev–Trinajstić information content (AvgIpc) is 2.58. The van der Waals surface area contributed by atoms with E-state index in [0.717, 1.165) is 22.6 Å². The molecule has 0 aliphatic heterocycles. The van der Waals surface area contributed by atoms with Gasteiger partial charge in [0.15, 0.2) is 5.82 Å². The SMILES string of the molecule is Cc1cc(C)c(N)c(-c2nncn2C)c1. The van der Waals surface area contributed by atoms with Crippen LogP contribution in [0.2, 0.25) is 0 Å². The minimum atomic E-state index is 0.775. The second kappa shape index (κ2) is 3.38. The van der Waals surface area contributed by atoms with E-state index in [1.165, 1.54) is 5.56 Å². The summed E-state index contributed by atoms with van der Waals surface area (Å²) in [5.41, 5.74) is 10.0. The fraction of sp³-hybridized carbons (Fsp3) is 0.273. The molecule has 0 aliphatic carbocycles. The number of anilines is 1. The summed E-state index contributed by atoms with van der Waals surface area (Å²) in [5, 5.41) is 7.92. The summed E-state index contributed by atoms with van der Waals surface area (Å²) < 4.78 is 1.87. The van der Waals surface area contributed by atoms with Crippen molar-refractivity contribution in [3.63, 3.8) is 0 Å². The first-order chi connectivity index (χ1) is 7.09. The maximum absolute atomic E-state index is 6.03. The van der Waals surface area contributed by atoms with Crippen LogP contribution < -0.4 is 5.73 Å². The molecule has 1 aromatic carbocycles. The zero-order valence-corrected chi connectivity index (χ0v) is 9.15. The molecule has 2 aromatic rings. The van der Waals surface area contributed by atoms with Crippen LogP contribution in [-0.4, -0.2) is 14.8 Å². The number of nitrogens with zero attached hydrogens (tertiary/aromatic N) is 3. The van der Waals surface area contributed by atoms with E-state index in [2.05, 4.69) is 16.3 Å². The van der Waals surface area contributed by atoms with Crippen LogP contribution in [0.3, 0.4) is 0 Å². The van der Waals surface area contributed by atoms with Crippen LogP contribution in [0.25, 0.3) is 11.4 Å². The summed E-state index contributed by atoms with van der Waals surface area (Å²) in [6, 6.07) is 4.10. The van der Waals surface area contributed by atoms with E-state index in [4.69, 9.17) is 5.73 Å². The number of nitrogens with two attached hydrogens (primary N) is 1. The Morgan fingerprint density at radius 1 is 1.27 bits per heavy atom. The molecule has 2 N–H and O–H groups in total. The van der Waals surface area contributed by atoms with E-state index in [-0.39, 0.29) is 0 Å². The van der Waals surface area contributed by atoms with E-state index < -0.39 is 0 Å². The maximum Gasteiger partial charge on any atom is 0.165 e. The number of benzene rings is 1. The quantitative estimate of drug-likeness (QED) is 0.716. The van der Waals surface area contributed by atoms with Crippen molar-refractivity contribution in [2.45, 2.75) is 13.8 Å². The van der Waals surface area contributed by atoms with Gasteiger partial charge in [-0.2, -0.15) is 0 Å². The monoisotopic (exact) mass is 202 g/mol. The number of aromatic nitrogens is 3. The number of nitrogen functional groups attached to an aromatic ring is 1. The molecule has 0 amide bonds. The molecule has 0 unspecified atom stereocenters. The van der Waals surface area contributed by atoms with Crippen molar-refractivity contribution < 1.29 is 0 Å². The van der Waals surface area contributed by atoms with Gasteiger partial charge in [0.05, 0.1) is 0 Å². The molecule has 2 rings (SSSR count). The summed E-state index contributed by atoms with van der Waals surface area (Å²) in [7, 11) is 1.91. The summed E-state index contributed by atoms with van der Waals surface area (Å²) in [6.07, 6.45) is 1.67. The lowest BCUT2D eigenvalue weighted by molar-refractivity contribution is 0.919. The van der Waals surface area contributed by atoms with Crippen molar-refractivity contribution in [3.8, 4) is 11.4 Å². The molecule has 0 saturated heterocycles. The normalized spacial score (nSPS) is 10.6. The first-order valence-electron chi connectivity index (χ1n) is 4.80. The Morgan fingerprint density at radius 2 is 2.00 bits per heavy atom. The van der Waals surface area contributed by atoms with Crippen molar-refractivity contribution in [3.05, 3.63) is 29.6 Å². The van der Waals surface area contributed by atoms with Crippen molar-refractivity contribution in [2.24, 2.45) is 7.05 Å². The lowest BCUT2D eigenvalue weighted by Gasteiger charge is -2.09. The lowest BCUT2D eigenvalue weighted by atomic mass is 10.0. The highest BCUT2D eigenvalue weighted by Crippen LogP contribution is 2.27. The van der Waals surface area contributed by atoms with Gasteiger partial charge in [-0.15, -0.1) is 10.2 Å². The second-order valence-electron chi connectivity index (χ2n) is 3.81. The van der Waals surface area contributed by atoms with Gasteiger partial charge in [-0.1, -0.05) is 6.07 Å². The van der Waals surface area contributed by atoms with Crippen LogP contribution >= 0.6 is 0 Å². The Balaban J connectivity index is 2.68. The Morgan fingerprint density at radius 3 is 2.60 bits per heavy atom. The minimum Gasteiger partial charge on any atom is -0.398 e. The molecule has 0 radical (unpaired) electrons. The molecule has 0 fully saturated rings. The summed E-state index contributed by atoms with van der Waals surface area (Å²) in [5.74, 6) is 0.805. The standard InChI is InChI=1S/C11H14N4/c1-7-4-8(2)10(12)9(5-7)11-14-13-6-15(11)3/h4-6H,12H2,1-3H3. The van der Waals surface area contributed by atoms with E-state index in [9.17, 15) is 0 Å². The van der Waals surface area contributed by atoms with Crippen LogP contribution in [-0.2, 0) is 7.05 Å². The van der Waals surface area contributed by atoms with Gasteiger partial charge in [0.25, 0.3) is 0 Å². The molecule has 78 valence electrons. The van der Waals surface area contributed by atoms with Gasteiger partial charge in [-0.3, -0.25) is 0 Å². The molecular formula is C11H14N4. The maximum atomic E-state index is 6.03. The zero-order chi connectivity index (χ0) is 11.0. The van der Waals surface area contributed by atoms with Crippen LogP contribution in [0, 0.1) is 13.8 Å². The van der Waals surface area contributed by atoms with Crippen molar-refractivity contribution in [2.75, 3.05) is 5.73 Å². The van der Waals surface area contributed by atoms with Crippen LogP contribution in [0.4, 0.5) is 5.69 Å². The second-order valence-corrected chi connectivity index (χ2v) is 3.81. The molecule has 1 aromatic heterocycles. The number of hydrogen-bond acceptors (Lipinski definition) is 3. The largest absolute Gasteiger partial charge is 0.398 e. The van der Waals surface area contributed by atoms with Crippen LogP contribution in [0.5, 0.6) is 0 Å². The number of hydrogen-bond donors (Lipinski definition) is 1. The van der Waals surface area contributed by atoms with Gasteiger partial charge >= 0.3 is 0 Å². The number of rotatable bonds is 1. The van der Waals surface area contributed by atoms with Crippen LogP contribution in [0.15, 0.2) is 18.5 Å². The lowest BCUT2D eigenvalue weighted by Crippen LogP contribution is -1.99. The predicted molar refractivity (Wildman–Crippen MR) is 60.3 cm³/mol. The molecule has 0 spiro atoms.